The lowest BCUT2D eigenvalue weighted by molar-refractivity contribution is 0.446. The van der Waals surface area contributed by atoms with E-state index >= 15 is 0 Å². The Morgan fingerprint density at radius 3 is 2.20 bits per heavy atom. The number of hydrogen-bond donors (Lipinski definition) is 3. The van der Waals surface area contributed by atoms with Gasteiger partial charge < -0.3 is 15.9 Å². The second-order valence-corrected chi connectivity index (χ2v) is 4.07. The van der Waals surface area contributed by atoms with Crippen LogP contribution in [0.2, 0.25) is 0 Å². The predicted molar refractivity (Wildman–Crippen MR) is 61.3 cm³/mol. The molecule has 1 saturated carbocycles. The smallest absolute Gasteiger partial charge is 0.119 e. The van der Waals surface area contributed by atoms with Crippen LogP contribution in [0.25, 0.3) is 0 Å². The molecule has 1 aliphatic rings. The van der Waals surface area contributed by atoms with Gasteiger partial charge in [0.1, 0.15) is 11.5 Å². The number of benzene rings is 1. The summed E-state index contributed by atoms with van der Waals surface area (Å²) in [4.78, 5) is 0. The zero-order chi connectivity index (χ0) is 10.1. The quantitative estimate of drug-likeness (QED) is 0.745. The summed E-state index contributed by atoms with van der Waals surface area (Å²) in [7, 11) is 0. The van der Waals surface area contributed by atoms with Crippen molar-refractivity contribution < 1.29 is 10.2 Å². The number of rotatable bonds is 3. The van der Waals surface area contributed by atoms with Gasteiger partial charge in [0.05, 0.1) is 0 Å². The van der Waals surface area contributed by atoms with Crippen LogP contribution in [0.4, 0.5) is 0 Å². The van der Waals surface area contributed by atoms with Crippen molar-refractivity contribution in [1.82, 2.24) is 0 Å². The average Bonchev–Trinajstić information content (AvgIpc) is 2.86. The predicted octanol–water partition coefficient (Wildman–Crippen LogP) is 2.32. The molecule has 1 aliphatic carbocycles. The van der Waals surface area contributed by atoms with Crippen molar-refractivity contribution in [3.05, 3.63) is 23.8 Å². The van der Waals surface area contributed by atoms with E-state index in [4.69, 9.17) is 5.73 Å². The molecule has 0 amide bonds. The van der Waals surface area contributed by atoms with Crippen molar-refractivity contribution in [3.8, 4) is 11.5 Å². The minimum Gasteiger partial charge on any atom is -0.508 e. The maximum Gasteiger partial charge on any atom is 0.119 e. The van der Waals surface area contributed by atoms with Crippen LogP contribution in [0.1, 0.15) is 30.9 Å². The summed E-state index contributed by atoms with van der Waals surface area (Å²) in [5, 5.41) is 18.6. The first-order valence-corrected chi connectivity index (χ1v) is 4.93. The fourth-order valence-corrected chi connectivity index (χ4v) is 1.68. The van der Waals surface area contributed by atoms with Crippen LogP contribution in [0.3, 0.4) is 0 Å². The zero-order valence-corrected chi connectivity index (χ0v) is 9.20. The topological polar surface area (TPSA) is 66.5 Å². The molecule has 3 nitrogen and oxygen atoms in total. The van der Waals surface area contributed by atoms with Gasteiger partial charge in [-0.3, -0.25) is 0 Å². The van der Waals surface area contributed by atoms with E-state index in [1.54, 1.807) is 12.1 Å². The average molecular weight is 230 g/mol. The Labute approximate surface area is 95.3 Å². The van der Waals surface area contributed by atoms with Crippen molar-refractivity contribution in [1.29, 1.82) is 0 Å². The summed E-state index contributed by atoms with van der Waals surface area (Å²) in [6.45, 7) is 0. The van der Waals surface area contributed by atoms with Crippen molar-refractivity contribution in [2.75, 3.05) is 0 Å². The molecule has 4 N–H and O–H groups in total. The molecule has 84 valence electrons. The molecule has 1 aromatic rings. The van der Waals surface area contributed by atoms with Crippen LogP contribution >= 0.6 is 12.4 Å². The lowest BCUT2D eigenvalue weighted by Gasteiger charge is -2.11. The Morgan fingerprint density at radius 1 is 1.20 bits per heavy atom. The maximum atomic E-state index is 9.28. The summed E-state index contributed by atoms with van der Waals surface area (Å²) in [6, 6.07) is 4.48. The summed E-state index contributed by atoms with van der Waals surface area (Å²) in [5.41, 5.74) is 6.77. The highest BCUT2D eigenvalue weighted by Gasteiger charge is 2.24. The molecule has 0 radical (unpaired) electrons. The highest BCUT2D eigenvalue weighted by atomic mass is 35.5. The van der Waals surface area contributed by atoms with Gasteiger partial charge in [0.2, 0.25) is 0 Å². The van der Waals surface area contributed by atoms with Gasteiger partial charge in [0, 0.05) is 12.1 Å². The Balaban J connectivity index is 0.00000112. The first-order valence-electron chi connectivity index (χ1n) is 4.93. The molecule has 15 heavy (non-hydrogen) atoms. The number of phenols is 2. The Morgan fingerprint density at radius 2 is 1.73 bits per heavy atom. The van der Waals surface area contributed by atoms with E-state index in [0.717, 1.165) is 17.9 Å². The minimum absolute atomic E-state index is 0. The van der Waals surface area contributed by atoms with Gasteiger partial charge in [-0.15, -0.1) is 12.4 Å². The molecule has 0 heterocycles. The molecule has 0 bridgehead atoms. The third kappa shape index (κ3) is 3.29. The van der Waals surface area contributed by atoms with Gasteiger partial charge in [0.25, 0.3) is 0 Å². The molecule has 2 rings (SSSR count). The van der Waals surface area contributed by atoms with Crippen LogP contribution in [0.15, 0.2) is 18.2 Å². The Kier molecular flexibility index (Phi) is 3.83. The first-order chi connectivity index (χ1) is 6.65. The number of nitrogens with two attached hydrogens (primary N) is 1. The van der Waals surface area contributed by atoms with E-state index in [9.17, 15) is 10.2 Å². The van der Waals surface area contributed by atoms with E-state index in [2.05, 4.69) is 0 Å². The molecule has 0 spiro atoms. The van der Waals surface area contributed by atoms with E-state index in [1.807, 2.05) is 0 Å². The fraction of sp³-hybridized carbons (Fsp3) is 0.455. The zero-order valence-electron chi connectivity index (χ0n) is 8.39. The Bertz CT molecular complexity index is 319. The van der Waals surface area contributed by atoms with E-state index < -0.39 is 0 Å². The first kappa shape index (κ1) is 12.1. The van der Waals surface area contributed by atoms with Crippen LogP contribution < -0.4 is 5.73 Å². The van der Waals surface area contributed by atoms with Gasteiger partial charge >= 0.3 is 0 Å². The molecular formula is C11H16ClNO2. The second kappa shape index (κ2) is 4.73. The van der Waals surface area contributed by atoms with Crippen molar-refractivity contribution >= 4 is 12.4 Å². The number of aromatic hydroxyl groups is 2. The highest BCUT2D eigenvalue weighted by Crippen LogP contribution is 2.37. The van der Waals surface area contributed by atoms with Crippen LogP contribution in [-0.4, -0.2) is 10.2 Å². The molecule has 1 aromatic carbocycles. The van der Waals surface area contributed by atoms with Crippen molar-refractivity contribution in [2.45, 2.75) is 25.3 Å². The van der Waals surface area contributed by atoms with E-state index in [0.29, 0.717) is 0 Å². The largest absolute Gasteiger partial charge is 0.508 e. The third-order valence-electron chi connectivity index (χ3n) is 2.64. The molecule has 0 aromatic heterocycles. The van der Waals surface area contributed by atoms with Crippen molar-refractivity contribution in [2.24, 2.45) is 11.7 Å². The van der Waals surface area contributed by atoms with E-state index in [-0.39, 0.29) is 29.9 Å². The highest BCUT2D eigenvalue weighted by molar-refractivity contribution is 5.85. The standard InChI is InChI=1S/C11H15NO2.ClH/c12-11(3-7-1-2-7)8-4-9(13)6-10(14)5-8;/h4-7,11,13-14H,1-3,12H2;1H/t11-;/m1./s1. The minimum atomic E-state index is -0.0690. The maximum absolute atomic E-state index is 9.28. The SMILES string of the molecule is Cl.N[C@H](CC1CC1)c1cc(O)cc(O)c1. The van der Waals surface area contributed by atoms with Gasteiger partial charge in [-0.05, 0) is 30.0 Å². The third-order valence-corrected chi connectivity index (χ3v) is 2.64. The number of halogens is 1. The monoisotopic (exact) mass is 229 g/mol. The molecule has 1 atom stereocenters. The fourth-order valence-electron chi connectivity index (χ4n) is 1.68. The molecule has 0 saturated heterocycles. The second-order valence-electron chi connectivity index (χ2n) is 4.07. The lowest BCUT2D eigenvalue weighted by Crippen LogP contribution is -2.10. The van der Waals surface area contributed by atoms with Gasteiger partial charge in [-0.1, -0.05) is 12.8 Å². The summed E-state index contributed by atoms with van der Waals surface area (Å²) < 4.78 is 0. The Hall–Kier alpha value is -0.930. The molecule has 0 aliphatic heterocycles. The van der Waals surface area contributed by atoms with Crippen molar-refractivity contribution in [3.63, 3.8) is 0 Å². The normalized spacial score (nSPS) is 16.9. The van der Waals surface area contributed by atoms with Gasteiger partial charge in [-0.25, -0.2) is 0 Å². The summed E-state index contributed by atoms with van der Waals surface area (Å²) in [6.07, 6.45) is 3.47. The summed E-state index contributed by atoms with van der Waals surface area (Å²) >= 11 is 0. The summed E-state index contributed by atoms with van der Waals surface area (Å²) in [5.74, 6) is 0.895. The van der Waals surface area contributed by atoms with Crippen LogP contribution in [-0.2, 0) is 0 Å². The van der Waals surface area contributed by atoms with Crippen LogP contribution in [0.5, 0.6) is 11.5 Å². The number of hydrogen-bond acceptors (Lipinski definition) is 3. The molecule has 1 fully saturated rings. The number of phenolic OH excluding ortho intramolecular Hbond substituents is 2. The van der Waals surface area contributed by atoms with E-state index in [1.165, 1.54) is 18.9 Å². The van der Waals surface area contributed by atoms with Crippen LogP contribution in [0, 0.1) is 5.92 Å². The molecular weight excluding hydrogens is 214 g/mol. The molecule has 4 heteroatoms. The molecule has 0 unspecified atom stereocenters. The van der Waals surface area contributed by atoms with Gasteiger partial charge in [0.15, 0.2) is 0 Å². The lowest BCUT2D eigenvalue weighted by atomic mass is 10.0. The van der Waals surface area contributed by atoms with Gasteiger partial charge in [-0.2, -0.15) is 0 Å².